The van der Waals surface area contributed by atoms with Crippen molar-refractivity contribution < 1.29 is 0 Å². The molecule has 3 heteroatoms. The highest BCUT2D eigenvalue weighted by Gasteiger charge is 2.10. The van der Waals surface area contributed by atoms with Crippen molar-refractivity contribution >= 4 is 0 Å². The molecule has 0 saturated carbocycles. The molecule has 0 atom stereocenters. The average molecular weight is 354 g/mol. The molecule has 1 rings (SSSR count). The first-order valence-electron chi connectivity index (χ1n) is 9.38. The second kappa shape index (κ2) is 14.3. The van der Waals surface area contributed by atoms with E-state index in [1.165, 1.54) is 5.56 Å². The standard InChI is InChI=1S/C23H35N3/c1-5-14-24(15-6-2)18-20-26(22-23-12-10-9-11-13-23)21-19-25(16-7-3)17-8-4/h5-13H,1-4,14-22H2. The molecule has 0 aromatic heterocycles. The van der Waals surface area contributed by atoms with Crippen molar-refractivity contribution in [3.63, 3.8) is 0 Å². The van der Waals surface area contributed by atoms with Crippen LogP contribution in [-0.2, 0) is 6.54 Å². The third-order valence-electron chi connectivity index (χ3n) is 4.26. The van der Waals surface area contributed by atoms with Gasteiger partial charge in [-0.1, -0.05) is 54.6 Å². The summed E-state index contributed by atoms with van der Waals surface area (Å²) in [7, 11) is 0. The first-order valence-corrected chi connectivity index (χ1v) is 9.38. The molecule has 0 unspecified atom stereocenters. The largest absolute Gasteiger partial charge is 0.297 e. The van der Waals surface area contributed by atoms with Crippen molar-refractivity contribution in [2.75, 3.05) is 52.4 Å². The zero-order chi connectivity index (χ0) is 19.0. The number of benzene rings is 1. The van der Waals surface area contributed by atoms with Crippen LogP contribution in [0.5, 0.6) is 0 Å². The summed E-state index contributed by atoms with van der Waals surface area (Å²) in [5.74, 6) is 0. The summed E-state index contributed by atoms with van der Waals surface area (Å²) < 4.78 is 0. The quantitative estimate of drug-likeness (QED) is 0.418. The fourth-order valence-electron chi connectivity index (χ4n) is 2.92. The molecule has 1 aromatic carbocycles. The van der Waals surface area contributed by atoms with Gasteiger partial charge in [0.2, 0.25) is 0 Å². The lowest BCUT2D eigenvalue weighted by molar-refractivity contribution is 0.191. The zero-order valence-electron chi connectivity index (χ0n) is 16.2. The molecular weight excluding hydrogens is 318 g/mol. The van der Waals surface area contributed by atoms with Crippen LogP contribution < -0.4 is 0 Å². The Morgan fingerprint density at radius 2 is 0.962 bits per heavy atom. The molecule has 0 bridgehead atoms. The highest BCUT2D eigenvalue weighted by molar-refractivity contribution is 5.14. The van der Waals surface area contributed by atoms with E-state index in [9.17, 15) is 0 Å². The van der Waals surface area contributed by atoms with E-state index in [4.69, 9.17) is 0 Å². The predicted octanol–water partition coefficient (Wildman–Crippen LogP) is 3.84. The van der Waals surface area contributed by atoms with E-state index in [0.717, 1.165) is 58.9 Å². The summed E-state index contributed by atoms with van der Waals surface area (Å²) in [6.45, 7) is 24.0. The van der Waals surface area contributed by atoms with Crippen molar-refractivity contribution in [1.29, 1.82) is 0 Å². The highest BCUT2D eigenvalue weighted by Crippen LogP contribution is 2.05. The molecule has 0 heterocycles. The van der Waals surface area contributed by atoms with Crippen LogP contribution in [0.2, 0.25) is 0 Å². The third-order valence-corrected chi connectivity index (χ3v) is 4.26. The Labute approximate surface area is 160 Å². The van der Waals surface area contributed by atoms with Crippen molar-refractivity contribution in [3.05, 3.63) is 86.5 Å². The lowest BCUT2D eigenvalue weighted by Gasteiger charge is -2.29. The molecule has 3 nitrogen and oxygen atoms in total. The van der Waals surface area contributed by atoms with E-state index < -0.39 is 0 Å². The van der Waals surface area contributed by atoms with Gasteiger partial charge in [-0.3, -0.25) is 14.7 Å². The van der Waals surface area contributed by atoms with Gasteiger partial charge in [-0.25, -0.2) is 0 Å². The maximum Gasteiger partial charge on any atom is 0.0234 e. The molecule has 142 valence electrons. The minimum atomic E-state index is 0.893. The van der Waals surface area contributed by atoms with Crippen LogP contribution in [0.1, 0.15) is 5.56 Å². The summed E-state index contributed by atoms with van der Waals surface area (Å²) >= 11 is 0. The lowest BCUT2D eigenvalue weighted by atomic mass is 10.2. The second-order valence-corrected chi connectivity index (χ2v) is 6.44. The van der Waals surface area contributed by atoms with Crippen LogP contribution in [0.15, 0.2) is 81.0 Å². The van der Waals surface area contributed by atoms with Crippen LogP contribution in [-0.4, -0.2) is 67.1 Å². The Balaban J connectivity index is 2.67. The third kappa shape index (κ3) is 9.52. The van der Waals surface area contributed by atoms with Crippen molar-refractivity contribution in [3.8, 4) is 0 Å². The molecule has 1 aromatic rings. The SMILES string of the molecule is C=CCN(CC=C)CCN(CCN(CC=C)CC=C)Cc1ccccc1. The predicted molar refractivity (Wildman–Crippen MR) is 115 cm³/mol. The Morgan fingerprint density at radius 3 is 1.35 bits per heavy atom. The zero-order valence-corrected chi connectivity index (χ0v) is 16.2. The summed E-state index contributed by atoms with van der Waals surface area (Å²) in [5.41, 5.74) is 1.35. The van der Waals surface area contributed by atoms with Gasteiger partial charge in [0, 0.05) is 58.9 Å². The Morgan fingerprint density at radius 1 is 0.577 bits per heavy atom. The summed E-state index contributed by atoms with van der Waals surface area (Å²) in [4.78, 5) is 7.25. The maximum absolute atomic E-state index is 3.86. The van der Waals surface area contributed by atoms with Gasteiger partial charge in [-0.05, 0) is 5.56 Å². The molecule has 0 aliphatic carbocycles. The highest BCUT2D eigenvalue weighted by atomic mass is 15.2. The Kier molecular flexibility index (Phi) is 12.1. The molecular formula is C23H35N3. The van der Waals surface area contributed by atoms with E-state index >= 15 is 0 Å². The lowest BCUT2D eigenvalue weighted by Crippen LogP contribution is -2.39. The molecule has 26 heavy (non-hydrogen) atoms. The van der Waals surface area contributed by atoms with E-state index in [-0.39, 0.29) is 0 Å². The molecule has 0 radical (unpaired) electrons. The number of hydrogen-bond acceptors (Lipinski definition) is 3. The van der Waals surface area contributed by atoms with Crippen molar-refractivity contribution in [2.45, 2.75) is 6.54 Å². The van der Waals surface area contributed by atoms with Crippen LogP contribution in [0.3, 0.4) is 0 Å². The minimum Gasteiger partial charge on any atom is -0.297 e. The van der Waals surface area contributed by atoms with Crippen LogP contribution in [0.25, 0.3) is 0 Å². The van der Waals surface area contributed by atoms with E-state index in [1.807, 2.05) is 24.3 Å². The Hall–Kier alpha value is -1.94. The minimum absolute atomic E-state index is 0.893. The smallest absolute Gasteiger partial charge is 0.0234 e. The number of nitrogens with zero attached hydrogens (tertiary/aromatic N) is 3. The van der Waals surface area contributed by atoms with Crippen LogP contribution >= 0.6 is 0 Å². The van der Waals surface area contributed by atoms with Crippen LogP contribution in [0.4, 0.5) is 0 Å². The topological polar surface area (TPSA) is 9.72 Å². The fraction of sp³-hybridized carbons (Fsp3) is 0.391. The molecule has 0 fully saturated rings. The second-order valence-electron chi connectivity index (χ2n) is 6.44. The monoisotopic (exact) mass is 353 g/mol. The summed E-state index contributed by atoms with van der Waals surface area (Å²) in [6, 6.07) is 10.7. The molecule has 0 saturated heterocycles. The van der Waals surface area contributed by atoms with Gasteiger partial charge in [-0.2, -0.15) is 0 Å². The summed E-state index contributed by atoms with van der Waals surface area (Å²) in [6.07, 6.45) is 7.84. The van der Waals surface area contributed by atoms with Crippen molar-refractivity contribution in [1.82, 2.24) is 14.7 Å². The van der Waals surface area contributed by atoms with Gasteiger partial charge in [-0.15, -0.1) is 26.3 Å². The normalized spacial score (nSPS) is 11.0. The number of rotatable bonds is 16. The molecule has 0 spiro atoms. The van der Waals surface area contributed by atoms with Gasteiger partial charge in [0.25, 0.3) is 0 Å². The van der Waals surface area contributed by atoms with Crippen molar-refractivity contribution in [2.24, 2.45) is 0 Å². The maximum atomic E-state index is 3.86. The first kappa shape index (κ1) is 22.1. The molecule has 0 amide bonds. The van der Waals surface area contributed by atoms with E-state index in [0.29, 0.717) is 0 Å². The Bertz CT molecular complexity index is 476. The molecule has 0 N–H and O–H groups in total. The van der Waals surface area contributed by atoms with Gasteiger partial charge in [0.1, 0.15) is 0 Å². The first-order chi connectivity index (χ1) is 12.7. The molecule has 0 aliphatic rings. The van der Waals surface area contributed by atoms with Crippen LogP contribution in [0, 0.1) is 0 Å². The fourth-order valence-corrected chi connectivity index (χ4v) is 2.92. The van der Waals surface area contributed by atoms with Gasteiger partial charge < -0.3 is 0 Å². The van der Waals surface area contributed by atoms with E-state index in [2.05, 4.69) is 71.3 Å². The number of hydrogen-bond donors (Lipinski definition) is 0. The van der Waals surface area contributed by atoms with Gasteiger partial charge in [0.05, 0.1) is 0 Å². The van der Waals surface area contributed by atoms with Gasteiger partial charge >= 0.3 is 0 Å². The van der Waals surface area contributed by atoms with E-state index in [1.54, 1.807) is 0 Å². The molecule has 0 aliphatic heterocycles. The van der Waals surface area contributed by atoms with Gasteiger partial charge in [0.15, 0.2) is 0 Å². The summed E-state index contributed by atoms with van der Waals surface area (Å²) in [5, 5.41) is 0. The average Bonchev–Trinajstić information content (AvgIpc) is 2.65.